The van der Waals surface area contributed by atoms with Gasteiger partial charge in [-0.25, -0.2) is 8.42 Å². The highest BCUT2D eigenvalue weighted by Crippen LogP contribution is 2.09. The Morgan fingerprint density at radius 2 is 1.45 bits per heavy atom. The summed E-state index contributed by atoms with van der Waals surface area (Å²) >= 11 is 0. The summed E-state index contributed by atoms with van der Waals surface area (Å²) in [6.45, 7) is 0.0882. The SMILES string of the molecule is O=C(NCCS(=O)(=O)c1ccccc1)c1ccccc1. The van der Waals surface area contributed by atoms with Crippen LogP contribution >= 0.6 is 0 Å². The standard InChI is InChI=1S/C15H15NO3S/c17-15(13-7-3-1-4-8-13)16-11-12-20(18,19)14-9-5-2-6-10-14/h1-10H,11-12H2,(H,16,17). The first-order valence-electron chi connectivity index (χ1n) is 6.21. The van der Waals surface area contributed by atoms with Gasteiger partial charge in [0, 0.05) is 12.1 Å². The van der Waals surface area contributed by atoms with E-state index in [1.54, 1.807) is 54.6 Å². The van der Waals surface area contributed by atoms with E-state index in [0.29, 0.717) is 5.56 Å². The summed E-state index contributed by atoms with van der Waals surface area (Å²) in [6, 6.07) is 16.9. The van der Waals surface area contributed by atoms with Crippen molar-refractivity contribution in [1.82, 2.24) is 5.32 Å². The summed E-state index contributed by atoms with van der Waals surface area (Å²) in [5.41, 5.74) is 0.518. The molecule has 0 unspecified atom stereocenters. The lowest BCUT2D eigenvalue weighted by Gasteiger charge is -2.06. The molecular formula is C15H15NO3S. The molecule has 2 rings (SSSR count). The smallest absolute Gasteiger partial charge is 0.251 e. The van der Waals surface area contributed by atoms with Crippen LogP contribution in [0, 0.1) is 0 Å². The van der Waals surface area contributed by atoms with Gasteiger partial charge in [-0.2, -0.15) is 0 Å². The Morgan fingerprint density at radius 3 is 2.05 bits per heavy atom. The zero-order valence-electron chi connectivity index (χ0n) is 10.8. The molecule has 2 aromatic carbocycles. The fraction of sp³-hybridized carbons (Fsp3) is 0.133. The number of sulfone groups is 1. The van der Waals surface area contributed by atoms with E-state index in [1.807, 2.05) is 6.07 Å². The van der Waals surface area contributed by atoms with Gasteiger partial charge in [-0.3, -0.25) is 4.79 Å². The van der Waals surface area contributed by atoms with Gasteiger partial charge in [0.15, 0.2) is 9.84 Å². The first-order valence-corrected chi connectivity index (χ1v) is 7.86. The van der Waals surface area contributed by atoms with Crippen LogP contribution < -0.4 is 5.32 Å². The molecular weight excluding hydrogens is 274 g/mol. The van der Waals surface area contributed by atoms with Gasteiger partial charge in [0.25, 0.3) is 5.91 Å². The van der Waals surface area contributed by atoms with Gasteiger partial charge in [-0.15, -0.1) is 0 Å². The summed E-state index contributed by atoms with van der Waals surface area (Å²) in [7, 11) is -3.35. The zero-order chi connectivity index (χ0) is 14.4. The van der Waals surface area contributed by atoms with Crippen LogP contribution in [0.2, 0.25) is 0 Å². The summed E-state index contributed by atoms with van der Waals surface area (Å²) in [4.78, 5) is 12.0. The molecule has 0 heterocycles. The first-order chi connectivity index (χ1) is 9.59. The summed E-state index contributed by atoms with van der Waals surface area (Å²) in [6.07, 6.45) is 0. The third-order valence-corrected chi connectivity index (χ3v) is 4.53. The van der Waals surface area contributed by atoms with Crippen molar-refractivity contribution < 1.29 is 13.2 Å². The lowest BCUT2D eigenvalue weighted by Crippen LogP contribution is -2.29. The van der Waals surface area contributed by atoms with Gasteiger partial charge in [-0.05, 0) is 24.3 Å². The maximum atomic E-state index is 12.0. The molecule has 104 valence electrons. The summed E-state index contributed by atoms with van der Waals surface area (Å²) < 4.78 is 24.0. The van der Waals surface area contributed by atoms with Crippen molar-refractivity contribution in [3.8, 4) is 0 Å². The van der Waals surface area contributed by atoms with Crippen molar-refractivity contribution in [3.63, 3.8) is 0 Å². The van der Waals surface area contributed by atoms with Gasteiger partial charge in [0.05, 0.1) is 10.6 Å². The molecule has 0 aromatic heterocycles. The van der Waals surface area contributed by atoms with Crippen LogP contribution in [0.1, 0.15) is 10.4 Å². The molecule has 0 atom stereocenters. The highest BCUT2D eigenvalue weighted by atomic mass is 32.2. The van der Waals surface area contributed by atoms with Crippen molar-refractivity contribution in [2.45, 2.75) is 4.90 Å². The Bertz CT molecular complexity index is 667. The van der Waals surface area contributed by atoms with E-state index in [1.165, 1.54) is 0 Å². The number of amides is 1. The number of nitrogens with one attached hydrogen (secondary N) is 1. The van der Waals surface area contributed by atoms with E-state index in [2.05, 4.69) is 5.32 Å². The minimum absolute atomic E-state index is 0.0882. The molecule has 0 bridgehead atoms. The van der Waals surface area contributed by atoms with E-state index in [0.717, 1.165) is 0 Å². The van der Waals surface area contributed by atoms with Crippen molar-refractivity contribution in [2.75, 3.05) is 12.3 Å². The minimum atomic E-state index is -3.35. The third-order valence-electron chi connectivity index (χ3n) is 2.79. The minimum Gasteiger partial charge on any atom is -0.351 e. The molecule has 0 saturated carbocycles. The van der Waals surface area contributed by atoms with E-state index >= 15 is 0 Å². The fourth-order valence-electron chi connectivity index (χ4n) is 1.74. The summed E-state index contributed by atoms with van der Waals surface area (Å²) in [5.74, 6) is -0.385. The Morgan fingerprint density at radius 1 is 0.900 bits per heavy atom. The lowest BCUT2D eigenvalue weighted by molar-refractivity contribution is 0.0956. The fourth-order valence-corrected chi connectivity index (χ4v) is 2.91. The van der Waals surface area contributed by atoms with Crippen molar-refractivity contribution in [1.29, 1.82) is 0 Å². The topological polar surface area (TPSA) is 63.2 Å². The number of benzene rings is 2. The lowest BCUT2D eigenvalue weighted by atomic mass is 10.2. The first kappa shape index (κ1) is 14.3. The Kier molecular flexibility index (Phi) is 4.53. The Balaban J connectivity index is 1.92. The molecule has 5 heteroatoms. The predicted molar refractivity (Wildman–Crippen MR) is 77.3 cm³/mol. The van der Waals surface area contributed by atoms with Crippen LogP contribution in [-0.2, 0) is 9.84 Å². The van der Waals surface area contributed by atoms with Crippen LogP contribution in [0.4, 0.5) is 0 Å². The molecule has 0 aliphatic rings. The average molecular weight is 289 g/mol. The van der Waals surface area contributed by atoms with Crippen LogP contribution in [-0.4, -0.2) is 26.6 Å². The van der Waals surface area contributed by atoms with Gasteiger partial charge < -0.3 is 5.32 Å². The van der Waals surface area contributed by atoms with E-state index in [-0.39, 0.29) is 23.1 Å². The molecule has 20 heavy (non-hydrogen) atoms. The Labute approximate surface area is 118 Å². The summed E-state index contributed by atoms with van der Waals surface area (Å²) in [5, 5.41) is 2.61. The van der Waals surface area contributed by atoms with Gasteiger partial charge in [0.2, 0.25) is 0 Å². The highest BCUT2D eigenvalue weighted by molar-refractivity contribution is 7.91. The number of hydrogen-bond acceptors (Lipinski definition) is 3. The van der Waals surface area contributed by atoms with Crippen LogP contribution in [0.5, 0.6) is 0 Å². The molecule has 0 fully saturated rings. The molecule has 4 nitrogen and oxygen atoms in total. The molecule has 0 spiro atoms. The highest BCUT2D eigenvalue weighted by Gasteiger charge is 2.14. The monoisotopic (exact) mass is 289 g/mol. The molecule has 0 aliphatic carbocycles. The van der Waals surface area contributed by atoms with Gasteiger partial charge in [0.1, 0.15) is 0 Å². The molecule has 1 N–H and O–H groups in total. The van der Waals surface area contributed by atoms with E-state index in [4.69, 9.17) is 0 Å². The van der Waals surface area contributed by atoms with Crippen LogP contribution in [0.15, 0.2) is 65.6 Å². The average Bonchev–Trinajstić information content (AvgIpc) is 2.49. The molecule has 0 saturated heterocycles. The normalized spacial score (nSPS) is 11.0. The molecule has 2 aromatic rings. The second-order valence-electron chi connectivity index (χ2n) is 4.25. The van der Waals surface area contributed by atoms with Crippen molar-refractivity contribution in [2.24, 2.45) is 0 Å². The van der Waals surface area contributed by atoms with Crippen molar-refractivity contribution >= 4 is 15.7 Å². The van der Waals surface area contributed by atoms with Crippen molar-refractivity contribution in [3.05, 3.63) is 66.2 Å². The van der Waals surface area contributed by atoms with Crippen LogP contribution in [0.25, 0.3) is 0 Å². The Hall–Kier alpha value is -2.14. The van der Waals surface area contributed by atoms with Gasteiger partial charge >= 0.3 is 0 Å². The second-order valence-corrected chi connectivity index (χ2v) is 6.36. The largest absolute Gasteiger partial charge is 0.351 e. The maximum Gasteiger partial charge on any atom is 0.251 e. The number of hydrogen-bond donors (Lipinski definition) is 1. The van der Waals surface area contributed by atoms with Crippen LogP contribution in [0.3, 0.4) is 0 Å². The van der Waals surface area contributed by atoms with Gasteiger partial charge in [-0.1, -0.05) is 36.4 Å². The maximum absolute atomic E-state index is 12.0. The number of carbonyl (C=O) groups excluding carboxylic acids is 1. The third kappa shape index (κ3) is 3.68. The molecule has 1 amide bonds. The van der Waals surface area contributed by atoms with E-state index < -0.39 is 9.84 Å². The zero-order valence-corrected chi connectivity index (χ0v) is 11.6. The predicted octanol–water partition coefficient (Wildman–Crippen LogP) is 1.89. The quantitative estimate of drug-likeness (QED) is 0.914. The second kappa shape index (κ2) is 6.34. The molecule has 0 aliphatic heterocycles. The molecule has 0 radical (unpaired) electrons. The number of carbonyl (C=O) groups is 1. The van der Waals surface area contributed by atoms with E-state index in [9.17, 15) is 13.2 Å². The number of rotatable bonds is 5.